The molecule has 32 heavy (non-hydrogen) atoms. The molecule has 1 N–H and O–H groups in total. The highest BCUT2D eigenvalue weighted by molar-refractivity contribution is 7.99. The normalized spacial score (nSPS) is 11.9. The number of aliphatic hydroxyl groups is 1. The maximum atomic E-state index is 11.5. The van der Waals surface area contributed by atoms with Crippen molar-refractivity contribution in [2.45, 2.75) is 17.8 Å². The Morgan fingerprint density at radius 2 is 1.84 bits per heavy atom. The third-order valence-electron chi connectivity index (χ3n) is 4.46. The highest BCUT2D eigenvalue weighted by atomic mass is 35.5. The fourth-order valence-electron chi connectivity index (χ4n) is 2.81. The van der Waals surface area contributed by atoms with Gasteiger partial charge in [-0.3, -0.25) is 4.57 Å². The average Bonchev–Trinajstić information content (AvgIpc) is 3.22. The molecule has 0 bridgehead atoms. The minimum absolute atomic E-state index is 0.0980. The summed E-state index contributed by atoms with van der Waals surface area (Å²) in [6.07, 6.45) is -0.730. The number of hydrogen-bond donors (Lipinski definition) is 1. The number of thioether (sulfide) groups is 1. The SMILES string of the molecule is COCCn1c(SC[C@H](O)COc2ccc(C(=O)OC)cc2)nnc1-c1ccc(Cl)cc1. The molecule has 0 saturated heterocycles. The van der Waals surface area contributed by atoms with Crippen LogP contribution < -0.4 is 4.74 Å². The zero-order valence-corrected chi connectivity index (χ0v) is 19.3. The number of methoxy groups -OCH3 is 2. The third kappa shape index (κ3) is 6.46. The van der Waals surface area contributed by atoms with Crippen LogP contribution in [0, 0.1) is 0 Å². The minimum Gasteiger partial charge on any atom is -0.491 e. The van der Waals surface area contributed by atoms with Crippen LogP contribution in [0.3, 0.4) is 0 Å². The van der Waals surface area contributed by atoms with Crippen molar-refractivity contribution in [3.63, 3.8) is 0 Å². The molecule has 0 saturated carbocycles. The summed E-state index contributed by atoms with van der Waals surface area (Å²) >= 11 is 7.37. The minimum atomic E-state index is -0.730. The number of aromatic nitrogens is 3. The summed E-state index contributed by atoms with van der Waals surface area (Å²) in [4.78, 5) is 11.5. The van der Waals surface area contributed by atoms with E-state index in [0.29, 0.717) is 46.2 Å². The molecule has 0 radical (unpaired) electrons. The number of hydrogen-bond acceptors (Lipinski definition) is 8. The lowest BCUT2D eigenvalue weighted by atomic mass is 10.2. The van der Waals surface area contributed by atoms with Crippen molar-refractivity contribution in [3.8, 4) is 17.1 Å². The van der Waals surface area contributed by atoms with Crippen LogP contribution in [0.15, 0.2) is 53.7 Å². The van der Waals surface area contributed by atoms with Gasteiger partial charge in [-0.15, -0.1) is 10.2 Å². The molecule has 0 amide bonds. The number of rotatable bonds is 11. The fraction of sp³-hybridized carbons (Fsp3) is 0.318. The molecule has 0 aliphatic heterocycles. The molecule has 0 aliphatic rings. The maximum absolute atomic E-state index is 11.5. The number of halogens is 1. The number of aliphatic hydroxyl groups excluding tert-OH is 1. The molecule has 0 fully saturated rings. The van der Waals surface area contributed by atoms with Gasteiger partial charge in [0.2, 0.25) is 0 Å². The van der Waals surface area contributed by atoms with Crippen molar-refractivity contribution < 1.29 is 24.1 Å². The van der Waals surface area contributed by atoms with Gasteiger partial charge in [-0.2, -0.15) is 0 Å². The lowest BCUT2D eigenvalue weighted by Crippen LogP contribution is -2.20. The lowest BCUT2D eigenvalue weighted by Gasteiger charge is -2.13. The first-order valence-electron chi connectivity index (χ1n) is 9.82. The highest BCUT2D eigenvalue weighted by Crippen LogP contribution is 2.25. The van der Waals surface area contributed by atoms with E-state index in [2.05, 4.69) is 14.9 Å². The Hall–Kier alpha value is -2.59. The van der Waals surface area contributed by atoms with Crippen LogP contribution in [0.4, 0.5) is 0 Å². The standard InChI is InChI=1S/C22H24ClN3O5S/c1-29-12-11-26-20(15-3-7-17(23)8-4-15)24-25-22(26)32-14-18(27)13-31-19-9-5-16(6-10-19)21(28)30-2/h3-10,18,27H,11-14H2,1-2H3/t18-/m1/s1. The Bertz CT molecular complexity index is 1010. The van der Waals surface area contributed by atoms with E-state index in [1.165, 1.54) is 18.9 Å². The van der Waals surface area contributed by atoms with Crippen molar-refractivity contribution in [2.75, 3.05) is 33.2 Å². The Labute approximate surface area is 195 Å². The quantitative estimate of drug-likeness (QED) is 0.331. The number of carbonyl (C=O) groups excluding carboxylic acids is 1. The van der Waals surface area contributed by atoms with Gasteiger partial charge in [0, 0.05) is 23.4 Å². The molecule has 3 rings (SSSR count). The van der Waals surface area contributed by atoms with Crippen LogP contribution in [-0.2, 0) is 16.0 Å². The van der Waals surface area contributed by atoms with Crippen molar-refractivity contribution in [1.82, 2.24) is 14.8 Å². The van der Waals surface area contributed by atoms with Gasteiger partial charge in [0.05, 0.1) is 31.9 Å². The van der Waals surface area contributed by atoms with Gasteiger partial charge in [0.15, 0.2) is 11.0 Å². The molecule has 8 nitrogen and oxygen atoms in total. The van der Waals surface area contributed by atoms with Gasteiger partial charge in [0.25, 0.3) is 0 Å². The van der Waals surface area contributed by atoms with Crippen LogP contribution in [0.2, 0.25) is 5.02 Å². The first-order chi connectivity index (χ1) is 15.5. The predicted octanol–water partition coefficient (Wildman–Crippen LogP) is 3.56. The predicted molar refractivity (Wildman–Crippen MR) is 122 cm³/mol. The van der Waals surface area contributed by atoms with Gasteiger partial charge in [-0.05, 0) is 48.5 Å². The molecule has 10 heteroatoms. The molecule has 1 aromatic heterocycles. The van der Waals surface area contributed by atoms with Gasteiger partial charge < -0.3 is 19.3 Å². The number of benzene rings is 2. The second-order valence-electron chi connectivity index (χ2n) is 6.75. The molecular formula is C22H24ClN3O5S. The zero-order valence-electron chi connectivity index (χ0n) is 17.7. The van der Waals surface area contributed by atoms with Crippen LogP contribution in [0.25, 0.3) is 11.4 Å². The molecule has 170 valence electrons. The molecule has 1 heterocycles. The first kappa shape index (κ1) is 24.1. The Morgan fingerprint density at radius 3 is 2.50 bits per heavy atom. The van der Waals surface area contributed by atoms with E-state index >= 15 is 0 Å². The summed E-state index contributed by atoms with van der Waals surface area (Å²) in [6.45, 7) is 1.17. The maximum Gasteiger partial charge on any atom is 0.337 e. The number of ether oxygens (including phenoxy) is 3. The molecular weight excluding hydrogens is 454 g/mol. The van der Waals surface area contributed by atoms with Crippen LogP contribution in [0.5, 0.6) is 5.75 Å². The average molecular weight is 478 g/mol. The summed E-state index contributed by atoms with van der Waals surface area (Å²) < 4.78 is 17.5. The van der Waals surface area contributed by atoms with Gasteiger partial charge in [0.1, 0.15) is 12.4 Å². The van der Waals surface area contributed by atoms with Crippen LogP contribution >= 0.6 is 23.4 Å². The van der Waals surface area contributed by atoms with Gasteiger partial charge in [-0.1, -0.05) is 23.4 Å². The second kappa shape index (κ2) is 11.9. The van der Waals surface area contributed by atoms with E-state index in [4.69, 9.17) is 21.1 Å². The largest absolute Gasteiger partial charge is 0.491 e. The summed E-state index contributed by atoms with van der Waals surface area (Å²) in [5.74, 6) is 1.21. The van der Waals surface area contributed by atoms with E-state index in [1.807, 2.05) is 16.7 Å². The van der Waals surface area contributed by atoms with Gasteiger partial charge >= 0.3 is 5.97 Å². The van der Waals surface area contributed by atoms with Crippen molar-refractivity contribution in [3.05, 3.63) is 59.1 Å². The fourth-order valence-corrected chi connectivity index (χ4v) is 3.80. The topological polar surface area (TPSA) is 95.7 Å². The molecule has 2 aromatic carbocycles. The Balaban J connectivity index is 1.59. The van der Waals surface area contributed by atoms with E-state index < -0.39 is 12.1 Å². The van der Waals surface area contributed by atoms with Crippen molar-refractivity contribution in [2.24, 2.45) is 0 Å². The van der Waals surface area contributed by atoms with E-state index in [0.717, 1.165) is 5.56 Å². The van der Waals surface area contributed by atoms with E-state index in [1.54, 1.807) is 43.5 Å². The van der Waals surface area contributed by atoms with Crippen molar-refractivity contribution in [1.29, 1.82) is 0 Å². The molecule has 0 aliphatic carbocycles. The molecule has 0 unspecified atom stereocenters. The second-order valence-corrected chi connectivity index (χ2v) is 8.17. The summed E-state index contributed by atoms with van der Waals surface area (Å²) in [5.41, 5.74) is 1.33. The summed E-state index contributed by atoms with van der Waals surface area (Å²) in [5, 5.41) is 20.3. The number of esters is 1. The third-order valence-corrected chi connectivity index (χ3v) is 5.82. The Kier molecular flexibility index (Phi) is 8.92. The zero-order chi connectivity index (χ0) is 22.9. The summed E-state index contributed by atoms with van der Waals surface area (Å²) in [7, 11) is 2.97. The van der Waals surface area contributed by atoms with E-state index in [-0.39, 0.29) is 6.61 Å². The molecule has 1 atom stereocenters. The monoisotopic (exact) mass is 477 g/mol. The van der Waals surface area contributed by atoms with E-state index in [9.17, 15) is 9.90 Å². The smallest absolute Gasteiger partial charge is 0.337 e. The van der Waals surface area contributed by atoms with Gasteiger partial charge in [-0.25, -0.2) is 4.79 Å². The Morgan fingerprint density at radius 1 is 1.12 bits per heavy atom. The lowest BCUT2D eigenvalue weighted by molar-refractivity contribution is 0.0600. The molecule has 0 spiro atoms. The number of nitrogens with zero attached hydrogens (tertiary/aromatic N) is 3. The van der Waals surface area contributed by atoms with Crippen LogP contribution in [0.1, 0.15) is 10.4 Å². The van der Waals surface area contributed by atoms with Crippen LogP contribution in [-0.4, -0.2) is 65.1 Å². The highest BCUT2D eigenvalue weighted by Gasteiger charge is 2.16. The first-order valence-corrected chi connectivity index (χ1v) is 11.2. The van der Waals surface area contributed by atoms with Crippen molar-refractivity contribution >= 4 is 29.3 Å². The number of carbonyl (C=O) groups is 1. The molecule has 3 aromatic rings. The summed E-state index contributed by atoms with van der Waals surface area (Å²) in [6, 6.07) is 13.9.